The fraction of sp³-hybridized carbons (Fsp3) is 0.111. The van der Waals surface area contributed by atoms with Gasteiger partial charge in [-0.1, -0.05) is 0 Å². The quantitative estimate of drug-likeness (QED) is 0.699. The minimum Gasteiger partial charge on any atom is -0.508 e. The lowest BCUT2D eigenvalue weighted by Crippen LogP contribution is -2.27. The van der Waals surface area contributed by atoms with Gasteiger partial charge in [-0.25, -0.2) is 28.3 Å². The predicted molar refractivity (Wildman–Crippen MR) is 53.3 cm³/mol. The molecule has 0 aliphatic heterocycles. The molecule has 0 saturated carbocycles. The molecule has 0 bridgehead atoms. The summed E-state index contributed by atoms with van der Waals surface area (Å²) in [5.74, 6) is -1.12. The zero-order chi connectivity index (χ0) is 11.9. The van der Waals surface area contributed by atoms with E-state index in [-0.39, 0.29) is 11.4 Å². The lowest BCUT2D eigenvalue weighted by atomic mass is 10.3. The van der Waals surface area contributed by atoms with Crippen molar-refractivity contribution in [3.05, 3.63) is 45.0 Å². The lowest BCUT2D eigenvalue weighted by molar-refractivity contribution is 0.468. The van der Waals surface area contributed by atoms with E-state index in [0.717, 1.165) is 16.8 Å². The Balaban J connectivity index is 2.78. The van der Waals surface area contributed by atoms with Crippen LogP contribution in [0.2, 0.25) is 0 Å². The summed E-state index contributed by atoms with van der Waals surface area (Å²) in [4.78, 5) is 22.8. The SMILES string of the molecule is Cn1[nH]c(=O)n(-c2ccc(O)cc2F)c1=O. The number of H-pyrrole nitrogens is 1. The summed E-state index contributed by atoms with van der Waals surface area (Å²) >= 11 is 0. The summed E-state index contributed by atoms with van der Waals surface area (Å²) in [5.41, 5.74) is -1.63. The van der Waals surface area contributed by atoms with E-state index in [0.29, 0.717) is 4.57 Å². The number of phenols is 1. The monoisotopic (exact) mass is 225 g/mol. The summed E-state index contributed by atoms with van der Waals surface area (Å²) in [5, 5.41) is 11.2. The molecular weight excluding hydrogens is 217 g/mol. The van der Waals surface area contributed by atoms with Crippen molar-refractivity contribution >= 4 is 0 Å². The van der Waals surface area contributed by atoms with Crippen molar-refractivity contribution in [2.24, 2.45) is 7.05 Å². The molecule has 0 fully saturated rings. The number of hydrogen-bond donors (Lipinski definition) is 2. The Bertz CT molecular complexity index is 653. The van der Waals surface area contributed by atoms with E-state index in [2.05, 4.69) is 5.10 Å². The molecule has 2 aromatic rings. The molecule has 0 saturated heterocycles. The van der Waals surface area contributed by atoms with Crippen molar-refractivity contribution in [2.75, 3.05) is 0 Å². The first-order chi connectivity index (χ1) is 7.50. The molecule has 0 radical (unpaired) electrons. The number of nitrogens with zero attached hydrogens (tertiary/aromatic N) is 2. The molecule has 0 amide bonds. The van der Waals surface area contributed by atoms with E-state index in [4.69, 9.17) is 5.11 Å². The number of phenolic OH excluding ortho intramolecular Hbond substituents is 1. The molecule has 1 aromatic carbocycles. The molecule has 2 N–H and O–H groups in total. The zero-order valence-electron chi connectivity index (χ0n) is 8.27. The summed E-state index contributed by atoms with van der Waals surface area (Å²) in [6.07, 6.45) is 0. The molecule has 1 heterocycles. The van der Waals surface area contributed by atoms with Crippen LogP contribution in [0, 0.1) is 5.82 Å². The third-order valence-corrected chi connectivity index (χ3v) is 2.12. The Morgan fingerprint density at radius 2 is 2.06 bits per heavy atom. The average molecular weight is 225 g/mol. The van der Waals surface area contributed by atoms with Gasteiger partial charge in [-0.05, 0) is 12.1 Å². The van der Waals surface area contributed by atoms with Crippen LogP contribution in [-0.4, -0.2) is 19.5 Å². The van der Waals surface area contributed by atoms with Crippen molar-refractivity contribution in [3.8, 4) is 11.4 Å². The van der Waals surface area contributed by atoms with Gasteiger partial charge in [-0.3, -0.25) is 0 Å². The molecule has 84 valence electrons. The van der Waals surface area contributed by atoms with Gasteiger partial charge in [0.05, 0.1) is 5.69 Å². The molecule has 0 aliphatic carbocycles. The topological polar surface area (TPSA) is 80.0 Å². The van der Waals surface area contributed by atoms with Gasteiger partial charge in [-0.15, -0.1) is 0 Å². The molecule has 1 aromatic heterocycles. The van der Waals surface area contributed by atoms with Gasteiger partial charge in [0.25, 0.3) is 0 Å². The Morgan fingerprint density at radius 3 is 2.56 bits per heavy atom. The number of aromatic amines is 1. The Labute approximate surface area is 88.2 Å². The van der Waals surface area contributed by atoms with E-state index in [9.17, 15) is 14.0 Å². The second-order valence-electron chi connectivity index (χ2n) is 3.23. The van der Waals surface area contributed by atoms with Crippen LogP contribution in [-0.2, 0) is 7.05 Å². The molecule has 0 unspecified atom stereocenters. The molecule has 0 aliphatic rings. The molecule has 16 heavy (non-hydrogen) atoms. The van der Waals surface area contributed by atoms with Gasteiger partial charge < -0.3 is 5.11 Å². The van der Waals surface area contributed by atoms with Crippen molar-refractivity contribution in [2.45, 2.75) is 0 Å². The Kier molecular flexibility index (Phi) is 2.15. The number of halogens is 1. The molecule has 0 spiro atoms. The maximum absolute atomic E-state index is 13.4. The predicted octanol–water partition coefficient (Wildman–Crippen LogP) is -0.291. The molecular formula is C9H8FN3O3. The number of hydrogen-bond acceptors (Lipinski definition) is 3. The Morgan fingerprint density at radius 1 is 1.38 bits per heavy atom. The standard InChI is InChI=1S/C9H8FN3O3/c1-12-9(16)13(8(15)11-12)7-3-2-5(14)4-6(7)10/h2-4,14H,1H3,(H,11,15). The van der Waals surface area contributed by atoms with E-state index in [1.54, 1.807) is 0 Å². The van der Waals surface area contributed by atoms with E-state index >= 15 is 0 Å². The van der Waals surface area contributed by atoms with Crippen LogP contribution in [0.25, 0.3) is 5.69 Å². The van der Waals surface area contributed by atoms with Crippen LogP contribution < -0.4 is 11.4 Å². The first kappa shape index (κ1) is 10.2. The van der Waals surface area contributed by atoms with Crippen LogP contribution in [0.1, 0.15) is 0 Å². The van der Waals surface area contributed by atoms with Crippen molar-refractivity contribution < 1.29 is 9.50 Å². The second-order valence-corrected chi connectivity index (χ2v) is 3.23. The number of nitrogens with one attached hydrogen (secondary N) is 1. The van der Waals surface area contributed by atoms with Crippen LogP contribution >= 0.6 is 0 Å². The minimum absolute atomic E-state index is 0.204. The largest absolute Gasteiger partial charge is 0.508 e. The van der Waals surface area contributed by atoms with Crippen LogP contribution in [0.4, 0.5) is 4.39 Å². The number of benzene rings is 1. The summed E-state index contributed by atoms with van der Waals surface area (Å²) < 4.78 is 15.0. The van der Waals surface area contributed by atoms with Crippen molar-refractivity contribution in [1.82, 2.24) is 14.3 Å². The molecule has 7 heteroatoms. The Hall–Kier alpha value is -2.31. The smallest absolute Gasteiger partial charge is 0.351 e. The van der Waals surface area contributed by atoms with E-state index in [1.807, 2.05) is 0 Å². The van der Waals surface area contributed by atoms with Gasteiger partial charge >= 0.3 is 11.4 Å². The van der Waals surface area contributed by atoms with Gasteiger partial charge in [-0.2, -0.15) is 0 Å². The van der Waals surface area contributed by atoms with Crippen LogP contribution in [0.5, 0.6) is 5.75 Å². The van der Waals surface area contributed by atoms with Crippen molar-refractivity contribution in [3.63, 3.8) is 0 Å². The van der Waals surface area contributed by atoms with E-state index in [1.165, 1.54) is 13.1 Å². The highest BCUT2D eigenvalue weighted by Gasteiger charge is 2.13. The lowest BCUT2D eigenvalue weighted by Gasteiger charge is -2.01. The van der Waals surface area contributed by atoms with Crippen LogP contribution in [0.3, 0.4) is 0 Å². The first-order valence-electron chi connectivity index (χ1n) is 4.37. The second kappa shape index (κ2) is 3.37. The number of aromatic nitrogens is 3. The van der Waals surface area contributed by atoms with Gasteiger partial charge in [0.1, 0.15) is 5.75 Å². The third-order valence-electron chi connectivity index (χ3n) is 2.12. The molecule has 2 rings (SSSR count). The number of rotatable bonds is 1. The minimum atomic E-state index is -0.848. The summed E-state index contributed by atoms with van der Waals surface area (Å²) in [6, 6.07) is 3.17. The summed E-state index contributed by atoms with van der Waals surface area (Å²) in [7, 11) is 1.35. The maximum atomic E-state index is 13.4. The van der Waals surface area contributed by atoms with E-state index < -0.39 is 17.2 Å². The fourth-order valence-corrected chi connectivity index (χ4v) is 1.37. The molecule has 6 nitrogen and oxygen atoms in total. The first-order valence-corrected chi connectivity index (χ1v) is 4.37. The summed E-state index contributed by atoms with van der Waals surface area (Å²) in [6.45, 7) is 0. The number of aryl methyl sites for hydroxylation is 1. The average Bonchev–Trinajstić information content (AvgIpc) is 2.43. The highest BCUT2D eigenvalue weighted by molar-refractivity contribution is 5.38. The third kappa shape index (κ3) is 1.42. The fourth-order valence-electron chi connectivity index (χ4n) is 1.37. The maximum Gasteiger partial charge on any atom is 0.351 e. The number of aromatic hydroxyl groups is 1. The highest BCUT2D eigenvalue weighted by atomic mass is 19.1. The highest BCUT2D eigenvalue weighted by Crippen LogP contribution is 2.16. The van der Waals surface area contributed by atoms with Gasteiger partial charge in [0, 0.05) is 13.1 Å². The van der Waals surface area contributed by atoms with Crippen LogP contribution in [0.15, 0.2) is 27.8 Å². The van der Waals surface area contributed by atoms with Crippen molar-refractivity contribution in [1.29, 1.82) is 0 Å². The normalized spacial score (nSPS) is 10.6. The van der Waals surface area contributed by atoms with Gasteiger partial charge in [0.15, 0.2) is 5.82 Å². The van der Waals surface area contributed by atoms with Gasteiger partial charge in [0.2, 0.25) is 0 Å². The molecule has 0 atom stereocenters. The zero-order valence-corrected chi connectivity index (χ0v) is 8.27.